The van der Waals surface area contributed by atoms with E-state index in [1.807, 2.05) is 24.3 Å². The van der Waals surface area contributed by atoms with Gasteiger partial charge in [-0.05, 0) is 23.8 Å². The van der Waals surface area contributed by atoms with Crippen molar-refractivity contribution in [3.05, 3.63) is 58.6 Å². The van der Waals surface area contributed by atoms with Crippen LogP contribution >= 0.6 is 11.6 Å². The Morgan fingerprint density at radius 3 is 2.44 bits per heavy atom. The van der Waals surface area contributed by atoms with Gasteiger partial charge < -0.3 is 19.5 Å². The van der Waals surface area contributed by atoms with Crippen molar-refractivity contribution in [1.82, 2.24) is 5.32 Å². The number of hydrogen-bond acceptors (Lipinski definition) is 4. The summed E-state index contributed by atoms with van der Waals surface area (Å²) in [5, 5.41) is 3.49. The predicted molar refractivity (Wildman–Crippen MR) is 97.5 cm³/mol. The number of hydrogen-bond donors (Lipinski definition) is 1. The Morgan fingerprint density at radius 2 is 1.80 bits per heavy atom. The van der Waals surface area contributed by atoms with E-state index in [0.717, 1.165) is 11.1 Å². The molecule has 25 heavy (non-hydrogen) atoms. The van der Waals surface area contributed by atoms with Crippen molar-refractivity contribution in [2.45, 2.75) is 12.5 Å². The summed E-state index contributed by atoms with van der Waals surface area (Å²) in [7, 11) is 4.73. The fourth-order valence-electron chi connectivity index (χ4n) is 2.50. The smallest absolute Gasteiger partial charge is 0.224 e. The molecule has 0 aromatic heterocycles. The Labute approximate surface area is 152 Å². The summed E-state index contributed by atoms with van der Waals surface area (Å²) in [6, 6.07) is 12.8. The third kappa shape index (κ3) is 5.11. The normalized spacial score (nSPS) is 11.7. The van der Waals surface area contributed by atoms with Gasteiger partial charge in [-0.2, -0.15) is 0 Å². The van der Waals surface area contributed by atoms with E-state index in [2.05, 4.69) is 5.32 Å². The predicted octanol–water partition coefficient (Wildman–Crippen LogP) is 3.40. The average Bonchev–Trinajstić information content (AvgIpc) is 2.63. The maximum atomic E-state index is 12.2. The van der Waals surface area contributed by atoms with Crippen molar-refractivity contribution in [1.29, 1.82) is 0 Å². The molecule has 0 aliphatic heterocycles. The molecule has 1 atom stereocenters. The molecule has 0 aliphatic carbocycles. The SMILES string of the molecule is COc1ccc(CC(=O)NCC(OC)c2ccccc2Cl)cc1OC. The van der Waals surface area contributed by atoms with Gasteiger partial charge in [0.1, 0.15) is 6.10 Å². The Bertz CT molecular complexity index is 720. The van der Waals surface area contributed by atoms with E-state index in [0.29, 0.717) is 23.1 Å². The van der Waals surface area contributed by atoms with Gasteiger partial charge >= 0.3 is 0 Å². The molecule has 134 valence electrons. The van der Waals surface area contributed by atoms with E-state index in [4.69, 9.17) is 25.8 Å². The maximum absolute atomic E-state index is 12.2. The quantitative estimate of drug-likeness (QED) is 0.781. The van der Waals surface area contributed by atoms with Crippen molar-refractivity contribution in [3.63, 3.8) is 0 Å². The lowest BCUT2D eigenvalue weighted by atomic mass is 10.1. The Hall–Kier alpha value is -2.24. The van der Waals surface area contributed by atoms with Gasteiger partial charge in [0, 0.05) is 24.2 Å². The average molecular weight is 364 g/mol. The van der Waals surface area contributed by atoms with Crippen molar-refractivity contribution in [2.75, 3.05) is 27.9 Å². The molecule has 1 unspecified atom stereocenters. The van der Waals surface area contributed by atoms with Crippen molar-refractivity contribution < 1.29 is 19.0 Å². The zero-order valence-electron chi connectivity index (χ0n) is 14.5. The van der Waals surface area contributed by atoms with Gasteiger partial charge in [0.05, 0.1) is 20.6 Å². The lowest BCUT2D eigenvalue weighted by molar-refractivity contribution is -0.121. The number of benzene rings is 2. The van der Waals surface area contributed by atoms with E-state index >= 15 is 0 Å². The minimum atomic E-state index is -0.303. The molecule has 0 bridgehead atoms. The highest BCUT2D eigenvalue weighted by Crippen LogP contribution is 2.28. The molecule has 0 heterocycles. The molecule has 5 nitrogen and oxygen atoms in total. The van der Waals surface area contributed by atoms with Crippen LogP contribution in [0.2, 0.25) is 5.02 Å². The second-order valence-corrected chi connectivity index (χ2v) is 5.82. The highest BCUT2D eigenvalue weighted by Gasteiger charge is 2.15. The minimum absolute atomic E-state index is 0.110. The van der Waals surface area contributed by atoms with Crippen LogP contribution in [0.3, 0.4) is 0 Å². The van der Waals surface area contributed by atoms with E-state index < -0.39 is 0 Å². The molecule has 0 spiro atoms. The summed E-state index contributed by atoms with van der Waals surface area (Å²) in [6.07, 6.45) is -0.0673. The first-order valence-electron chi connectivity index (χ1n) is 7.83. The standard InChI is InChI=1S/C19H22ClNO4/c1-23-16-9-8-13(10-17(16)24-2)11-19(22)21-12-18(25-3)14-6-4-5-7-15(14)20/h4-10,18H,11-12H2,1-3H3,(H,21,22). The molecular formula is C19H22ClNO4. The van der Waals surface area contributed by atoms with E-state index in [1.165, 1.54) is 0 Å². The van der Waals surface area contributed by atoms with Crippen LogP contribution in [-0.4, -0.2) is 33.8 Å². The van der Waals surface area contributed by atoms with E-state index in [1.54, 1.807) is 39.5 Å². The summed E-state index contributed by atoms with van der Waals surface area (Å²) in [5.74, 6) is 1.12. The van der Waals surface area contributed by atoms with Gasteiger partial charge in [0.15, 0.2) is 11.5 Å². The molecule has 1 amide bonds. The number of nitrogens with one attached hydrogen (secondary N) is 1. The van der Waals surface area contributed by atoms with Gasteiger partial charge in [-0.25, -0.2) is 0 Å². The first kappa shape index (κ1) is 19.1. The number of rotatable bonds is 8. The minimum Gasteiger partial charge on any atom is -0.493 e. The van der Waals surface area contributed by atoms with Crippen molar-refractivity contribution >= 4 is 17.5 Å². The topological polar surface area (TPSA) is 56.8 Å². The number of carbonyl (C=O) groups is 1. The summed E-state index contributed by atoms with van der Waals surface area (Å²) in [5.41, 5.74) is 1.68. The molecule has 2 aromatic rings. The molecule has 0 radical (unpaired) electrons. The second-order valence-electron chi connectivity index (χ2n) is 5.42. The molecule has 2 rings (SSSR count). The highest BCUT2D eigenvalue weighted by molar-refractivity contribution is 6.31. The molecule has 0 saturated carbocycles. The van der Waals surface area contributed by atoms with Gasteiger partial charge in [-0.3, -0.25) is 4.79 Å². The van der Waals surface area contributed by atoms with Gasteiger partial charge in [-0.1, -0.05) is 35.9 Å². The molecule has 0 fully saturated rings. The largest absolute Gasteiger partial charge is 0.493 e. The van der Waals surface area contributed by atoms with Crippen LogP contribution in [0.4, 0.5) is 0 Å². The van der Waals surface area contributed by atoms with Crippen LogP contribution in [0.25, 0.3) is 0 Å². The summed E-state index contributed by atoms with van der Waals surface area (Å²) < 4.78 is 15.9. The van der Waals surface area contributed by atoms with Gasteiger partial charge in [0.2, 0.25) is 5.91 Å². The first-order valence-corrected chi connectivity index (χ1v) is 8.21. The summed E-state index contributed by atoms with van der Waals surface area (Å²) >= 11 is 6.19. The fraction of sp³-hybridized carbons (Fsp3) is 0.316. The van der Waals surface area contributed by atoms with Crippen LogP contribution < -0.4 is 14.8 Å². The molecule has 2 aromatic carbocycles. The number of amides is 1. The first-order chi connectivity index (χ1) is 12.1. The van der Waals surface area contributed by atoms with Crippen LogP contribution in [0.5, 0.6) is 11.5 Å². The number of ether oxygens (including phenoxy) is 3. The number of methoxy groups -OCH3 is 3. The van der Waals surface area contributed by atoms with Gasteiger partial charge in [0.25, 0.3) is 0 Å². The summed E-state index contributed by atoms with van der Waals surface area (Å²) in [6.45, 7) is 0.340. The molecule has 0 saturated heterocycles. The third-order valence-corrected chi connectivity index (χ3v) is 4.18. The highest BCUT2D eigenvalue weighted by atomic mass is 35.5. The van der Waals surface area contributed by atoms with Crippen LogP contribution in [0, 0.1) is 0 Å². The molecular weight excluding hydrogens is 342 g/mol. The Balaban J connectivity index is 1.97. The fourth-order valence-corrected chi connectivity index (χ4v) is 2.76. The molecule has 0 aliphatic rings. The maximum Gasteiger partial charge on any atom is 0.224 e. The molecule has 6 heteroatoms. The lowest BCUT2D eigenvalue weighted by Crippen LogP contribution is -2.30. The second kappa shape index (κ2) is 9.30. The third-order valence-electron chi connectivity index (χ3n) is 3.83. The molecule has 1 N–H and O–H groups in total. The Kier molecular flexibility index (Phi) is 7.10. The van der Waals surface area contributed by atoms with Gasteiger partial charge in [-0.15, -0.1) is 0 Å². The lowest BCUT2D eigenvalue weighted by Gasteiger charge is -2.18. The Morgan fingerprint density at radius 1 is 1.08 bits per heavy atom. The zero-order chi connectivity index (χ0) is 18.2. The van der Waals surface area contributed by atoms with E-state index in [9.17, 15) is 4.79 Å². The van der Waals surface area contributed by atoms with Crippen LogP contribution in [0.15, 0.2) is 42.5 Å². The number of carbonyl (C=O) groups excluding carboxylic acids is 1. The summed E-state index contributed by atoms with van der Waals surface area (Å²) in [4.78, 5) is 12.2. The monoisotopic (exact) mass is 363 g/mol. The van der Waals surface area contributed by atoms with Crippen LogP contribution in [-0.2, 0) is 16.0 Å². The zero-order valence-corrected chi connectivity index (χ0v) is 15.3. The van der Waals surface area contributed by atoms with Crippen molar-refractivity contribution in [2.24, 2.45) is 0 Å². The van der Waals surface area contributed by atoms with E-state index in [-0.39, 0.29) is 18.4 Å². The van der Waals surface area contributed by atoms with Crippen LogP contribution in [0.1, 0.15) is 17.2 Å². The number of halogens is 1. The van der Waals surface area contributed by atoms with Crippen molar-refractivity contribution in [3.8, 4) is 11.5 Å².